The minimum absolute atomic E-state index is 0.117. The first kappa shape index (κ1) is 12.0. The van der Waals surface area contributed by atoms with Crippen molar-refractivity contribution < 1.29 is 0 Å². The van der Waals surface area contributed by atoms with E-state index in [2.05, 4.69) is 14.9 Å². The van der Waals surface area contributed by atoms with Gasteiger partial charge < -0.3 is 15.6 Å². The Morgan fingerprint density at radius 3 is 2.94 bits per heavy atom. The van der Waals surface area contributed by atoms with E-state index < -0.39 is 0 Å². The third-order valence-electron chi connectivity index (χ3n) is 2.73. The molecular formula is C11H16N4OS. The van der Waals surface area contributed by atoms with Gasteiger partial charge in [-0.1, -0.05) is 12.2 Å². The van der Waals surface area contributed by atoms with E-state index in [4.69, 9.17) is 18.0 Å². The molecule has 1 fully saturated rings. The minimum atomic E-state index is -0.117. The van der Waals surface area contributed by atoms with Crippen LogP contribution in [-0.2, 0) is 0 Å². The maximum absolute atomic E-state index is 11.4. The summed E-state index contributed by atoms with van der Waals surface area (Å²) < 4.78 is 0. The number of aromatic amines is 1. The molecule has 1 heterocycles. The molecule has 0 atom stereocenters. The molecule has 5 nitrogen and oxygen atoms in total. The minimum Gasteiger partial charge on any atom is -0.393 e. The number of hydrogen-bond donors (Lipinski definition) is 2. The fourth-order valence-corrected chi connectivity index (χ4v) is 1.90. The monoisotopic (exact) mass is 252 g/mol. The van der Waals surface area contributed by atoms with E-state index >= 15 is 0 Å². The zero-order valence-corrected chi connectivity index (χ0v) is 10.6. The second kappa shape index (κ2) is 4.83. The summed E-state index contributed by atoms with van der Waals surface area (Å²) in [4.78, 5) is 21.1. The van der Waals surface area contributed by atoms with Gasteiger partial charge in [0.2, 0.25) is 0 Å². The first-order valence-electron chi connectivity index (χ1n) is 5.69. The van der Waals surface area contributed by atoms with E-state index in [1.54, 1.807) is 6.92 Å². The van der Waals surface area contributed by atoms with Gasteiger partial charge in [-0.15, -0.1) is 0 Å². The zero-order chi connectivity index (χ0) is 12.4. The Bertz CT molecular complexity index is 481. The molecular weight excluding hydrogens is 236 g/mol. The van der Waals surface area contributed by atoms with E-state index in [0.29, 0.717) is 23.3 Å². The molecule has 0 spiro atoms. The molecule has 0 bridgehead atoms. The third kappa shape index (κ3) is 3.26. The molecule has 92 valence electrons. The van der Waals surface area contributed by atoms with Crippen molar-refractivity contribution in [3.8, 4) is 0 Å². The van der Waals surface area contributed by atoms with Crippen LogP contribution >= 0.6 is 12.2 Å². The van der Waals surface area contributed by atoms with Gasteiger partial charge in [0.1, 0.15) is 11.6 Å². The molecule has 0 aromatic carbocycles. The summed E-state index contributed by atoms with van der Waals surface area (Å²) in [5.41, 5.74) is 5.40. The molecule has 2 rings (SSSR count). The van der Waals surface area contributed by atoms with Crippen LogP contribution in [0.1, 0.15) is 25.1 Å². The van der Waals surface area contributed by atoms with Crippen LogP contribution in [-0.4, -0.2) is 27.5 Å². The van der Waals surface area contributed by atoms with Crippen LogP contribution < -0.4 is 16.2 Å². The van der Waals surface area contributed by atoms with Crippen molar-refractivity contribution in [2.45, 2.75) is 32.2 Å². The number of hydrogen-bond acceptors (Lipinski definition) is 4. The van der Waals surface area contributed by atoms with Crippen LogP contribution in [0.25, 0.3) is 0 Å². The van der Waals surface area contributed by atoms with Gasteiger partial charge in [-0.25, -0.2) is 4.98 Å². The summed E-state index contributed by atoms with van der Waals surface area (Å²) in [6.07, 6.45) is 2.94. The number of aromatic nitrogens is 2. The van der Waals surface area contributed by atoms with Gasteiger partial charge in [0, 0.05) is 25.1 Å². The van der Waals surface area contributed by atoms with Gasteiger partial charge >= 0.3 is 0 Å². The molecule has 6 heteroatoms. The Morgan fingerprint density at radius 1 is 1.71 bits per heavy atom. The number of nitrogens with one attached hydrogen (secondary N) is 1. The van der Waals surface area contributed by atoms with Crippen LogP contribution in [0.3, 0.4) is 0 Å². The summed E-state index contributed by atoms with van der Waals surface area (Å²) in [6.45, 7) is 2.51. The molecule has 1 saturated carbocycles. The fraction of sp³-hybridized carbons (Fsp3) is 0.545. The molecule has 3 N–H and O–H groups in total. The summed E-state index contributed by atoms with van der Waals surface area (Å²) in [7, 11) is 0. The third-order valence-corrected chi connectivity index (χ3v) is 2.93. The number of anilines is 1. The lowest BCUT2D eigenvalue weighted by molar-refractivity contribution is 0.776. The van der Waals surface area contributed by atoms with Crippen molar-refractivity contribution in [1.29, 1.82) is 0 Å². The molecule has 0 amide bonds. The van der Waals surface area contributed by atoms with Crippen molar-refractivity contribution in [2.24, 2.45) is 5.73 Å². The second-order valence-electron chi connectivity index (χ2n) is 4.33. The number of rotatable bonds is 5. The topological polar surface area (TPSA) is 75.0 Å². The Balaban J connectivity index is 2.19. The predicted octanol–water partition coefficient (Wildman–Crippen LogP) is 0.723. The van der Waals surface area contributed by atoms with Crippen molar-refractivity contribution in [3.63, 3.8) is 0 Å². The Morgan fingerprint density at radius 2 is 2.41 bits per heavy atom. The van der Waals surface area contributed by atoms with Crippen LogP contribution in [0.4, 0.5) is 5.82 Å². The number of aryl methyl sites for hydroxylation is 1. The van der Waals surface area contributed by atoms with E-state index in [-0.39, 0.29) is 5.56 Å². The smallest absolute Gasteiger partial charge is 0.252 e. The lowest BCUT2D eigenvalue weighted by atomic mass is 10.3. The highest BCUT2D eigenvalue weighted by Crippen LogP contribution is 2.30. The van der Waals surface area contributed by atoms with Crippen LogP contribution in [0, 0.1) is 6.92 Å². The number of H-pyrrole nitrogens is 1. The molecule has 0 unspecified atom stereocenters. The average molecular weight is 252 g/mol. The molecule has 0 saturated heterocycles. The summed E-state index contributed by atoms with van der Waals surface area (Å²) in [5, 5.41) is 0. The number of nitrogens with zero attached hydrogens (tertiary/aromatic N) is 2. The summed E-state index contributed by atoms with van der Waals surface area (Å²) in [5.74, 6) is 1.36. The van der Waals surface area contributed by atoms with Crippen molar-refractivity contribution >= 4 is 23.0 Å². The highest BCUT2D eigenvalue weighted by Gasteiger charge is 2.30. The molecule has 1 aliphatic rings. The van der Waals surface area contributed by atoms with Gasteiger partial charge in [-0.05, 0) is 19.8 Å². The van der Waals surface area contributed by atoms with Crippen LogP contribution in [0.2, 0.25) is 0 Å². The lowest BCUT2D eigenvalue weighted by Gasteiger charge is -2.23. The summed E-state index contributed by atoms with van der Waals surface area (Å²) >= 11 is 4.89. The molecule has 17 heavy (non-hydrogen) atoms. The predicted molar refractivity (Wildman–Crippen MR) is 71.4 cm³/mol. The highest BCUT2D eigenvalue weighted by atomic mass is 32.1. The SMILES string of the molecule is Cc1nc(N(CCC(N)=S)C2CC2)cc(=O)[nH]1. The van der Waals surface area contributed by atoms with Gasteiger partial charge in [0.05, 0.1) is 4.99 Å². The lowest BCUT2D eigenvalue weighted by Crippen LogP contribution is -2.31. The normalized spacial score (nSPS) is 14.6. The fourth-order valence-electron chi connectivity index (χ4n) is 1.81. The van der Waals surface area contributed by atoms with E-state index in [1.807, 2.05) is 0 Å². The van der Waals surface area contributed by atoms with Crippen LogP contribution in [0.5, 0.6) is 0 Å². The maximum atomic E-state index is 11.4. The van der Waals surface area contributed by atoms with Crippen molar-refractivity contribution in [2.75, 3.05) is 11.4 Å². The van der Waals surface area contributed by atoms with E-state index in [0.717, 1.165) is 25.2 Å². The van der Waals surface area contributed by atoms with Gasteiger partial charge in [0.15, 0.2) is 0 Å². The highest BCUT2D eigenvalue weighted by molar-refractivity contribution is 7.80. The van der Waals surface area contributed by atoms with Gasteiger partial charge in [-0.3, -0.25) is 4.79 Å². The number of thiocarbonyl (C=S) groups is 1. The first-order valence-corrected chi connectivity index (χ1v) is 6.10. The van der Waals surface area contributed by atoms with Gasteiger partial charge in [-0.2, -0.15) is 0 Å². The van der Waals surface area contributed by atoms with Crippen molar-refractivity contribution in [3.05, 3.63) is 22.2 Å². The molecule has 1 aromatic heterocycles. The van der Waals surface area contributed by atoms with Crippen molar-refractivity contribution in [1.82, 2.24) is 9.97 Å². The first-order chi connectivity index (χ1) is 8.06. The standard InChI is InChI=1S/C11H16N4OS/c1-7-13-10(6-11(16)14-7)15(8-2-3-8)5-4-9(12)17/h6,8H,2-5H2,1H3,(H2,12,17)(H,13,14,16). The van der Waals surface area contributed by atoms with Gasteiger partial charge in [0.25, 0.3) is 5.56 Å². The molecule has 1 aliphatic carbocycles. The maximum Gasteiger partial charge on any atom is 0.252 e. The Labute approximate surface area is 105 Å². The molecule has 0 aliphatic heterocycles. The number of nitrogens with two attached hydrogens (primary N) is 1. The average Bonchev–Trinajstić information content (AvgIpc) is 3.00. The summed E-state index contributed by atoms with van der Waals surface area (Å²) in [6, 6.07) is 2.02. The van der Waals surface area contributed by atoms with E-state index in [1.165, 1.54) is 6.07 Å². The van der Waals surface area contributed by atoms with Crippen LogP contribution in [0.15, 0.2) is 10.9 Å². The quantitative estimate of drug-likeness (QED) is 0.755. The second-order valence-corrected chi connectivity index (χ2v) is 4.85. The molecule has 0 radical (unpaired) electrons. The largest absolute Gasteiger partial charge is 0.393 e. The Hall–Kier alpha value is -1.43. The van der Waals surface area contributed by atoms with E-state index in [9.17, 15) is 4.79 Å². The zero-order valence-electron chi connectivity index (χ0n) is 9.77. The Kier molecular flexibility index (Phi) is 3.42. The molecule has 1 aromatic rings.